The first-order chi connectivity index (χ1) is 14.6. The molecule has 30 heavy (non-hydrogen) atoms. The first-order valence-electron chi connectivity index (χ1n) is 10.8. The van der Waals surface area contributed by atoms with Crippen molar-refractivity contribution in [2.24, 2.45) is 5.92 Å². The Morgan fingerprint density at radius 1 is 1.10 bits per heavy atom. The van der Waals surface area contributed by atoms with Crippen LogP contribution in [0.4, 0.5) is 0 Å². The number of hydrogen-bond donors (Lipinski definition) is 1. The summed E-state index contributed by atoms with van der Waals surface area (Å²) in [5.74, 6) is 1.51. The van der Waals surface area contributed by atoms with Crippen molar-refractivity contribution in [3.05, 3.63) is 59.7 Å². The Kier molecular flexibility index (Phi) is 6.00. The lowest BCUT2D eigenvalue weighted by Crippen LogP contribution is -2.56. The average molecular weight is 410 g/mol. The third-order valence-corrected chi connectivity index (χ3v) is 6.85. The highest BCUT2D eigenvalue weighted by atomic mass is 16.5. The molecule has 1 amide bonds. The molecule has 5 heteroatoms. The summed E-state index contributed by atoms with van der Waals surface area (Å²) in [5.41, 5.74) is 1.23. The summed E-state index contributed by atoms with van der Waals surface area (Å²) in [4.78, 5) is 15.4. The Morgan fingerprint density at radius 2 is 1.90 bits per heavy atom. The Bertz CT molecular complexity index is 884. The van der Waals surface area contributed by atoms with E-state index in [9.17, 15) is 9.90 Å². The molecule has 1 saturated heterocycles. The zero-order chi connectivity index (χ0) is 21.1. The topological polar surface area (TPSA) is 59.0 Å². The number of carbonyl (C=O) groups excluding carboxylic acids is 1. The van der Waals surface area contributed by atoms with Gasteiger partial charge in [-0.1, -0.05) is 43.2 Å². The van der Waals surface area contributed by atoms with E-state index in [0.717, 1.165) is 36.8 Å². The standard InChI is InChI=1S/C25H31NO4/c1-29-19-11-12-20(22(17-19)30-2)24-21-10-6-7-13-25(21,28)14-15-26(24)23(27)16-18-8-4-3-5-9-18/h3-5,8-9,11-12,17,21,24,28H,6-7,10,13-16H2,1-2H3/t21-,24-,25-/m0/s1. The van der Waals surface area contributed by atoms with Crippen LogP contribution in [0, 0.1) is 5.92 Å². The average Bonchev–Trinajstić information content (AvgIpc) is 2.78. The molecule has 1 aliphatic carbocycles. The predicted molar refractivity (Wildman–Crippen MR) is 116 cm³/mol. The molecule has 0 bridgehead atoms. The summed E-state index contributed by atoms with van der Waals surface area (Å²) in [6.07, 6.45) is 4.81. The zero-order valence-corrected chi connectivity index (χ0v) is 17.8. The van der Waals surface area contributed by atoms with Gasteiger partial charge < -0.3 is 19.5 Å². The number of benzene rings is 2. The molecule has 1 aliphatic heterocycles. The van der Waals surface area contributed by atoms with Gasteiger partial charge in [-0.3, -0.25) is 4.79 Å². The Morgan fingerprint density at radius 3 is 2.63 bits per heavy atom. The van der Waals surface area contributed by atoms with Gasteiger partial charge in [0, 0.05) is 24.1 Å². The maximum Gasteiger partial charge on any atom is 0.227 e. The van der Waals surface area contributed by atoms with E-state index in [0.29, 0.717) is 30.9 Å². The van der Waals surface area contributed by atoms with E-state index < -0.39 is 5.60 Å². The fraction of sp³-hybridized carbons (Fsp3) is 0.480. The number of amides is 1. The van der Waals surface area contributed by atoms with Crippen LogP contribution in [0.2, 0.25) is 0 Å². The number of ether oxygens (including phenoxy) is 2. The summed E-state index contributed by atoms with van der Waals surface area (Å²) in [6, 6.07) is 15.4. The summed E-state index contributed by atoms with van der Waals surface area (Å²) >= 11 is 0. The number of methoxy groups -OCH3 is 2. The molecular weight excluding hydrogens is 378 g/mol. The van der Waals surface area contributed by atoms with E-state index in [2.05, 4.69) is 0 Å². The van der Waals surface area contributed by atoms with Crippen LogP contribution in [-0.4, -0.2) is 42.3 Å². The number of nitrogens with zero attached hydrogens (tertiary/aromatic N) is 1. The predicted octanol–water partition coefficient (Wildman–Crippen LogP) is 4.14. The highest BCUT2D eigenvalue weighted by Gasteiger charge is 2.50. The van der Waals surface area contributed by atoms with Gasteiger partial charge in [-0.05, 0) is 37.0 Å². The van der Waals surface area contributed by atoms with Gasteiger partial charge in [0.1, 0.15) is 11.5 Å². The van der Waals surface area contributed by atoms with Gasteiger partial charge in [0.2, 0.25) is 5.91 Å². The lowest BCUT2D eigenvalue weighted by atomic mass is 9.66. The molecule has 0 radical (unpaired) electrons. The molecule has 0 aromatic heterocycles. The van der Waals surface area contributed by atoms with Crippen molar-refractivity contribution in [3.8, 4) is 11.5 Å². The second-order valence-electron chi connectivity index (χ2n) is 8.51. The Balaban J connectivity index is 1.73. The molecule has 2 aromatic rings. The first-order valence-corrected chi connectivity index (χ1v) is 10.8. The summed E-state index contributed by atoms with van der Waals surface area (Å²) in [6.45, 7) is 0.554. The van der Waals surface area contributed by atoms with Crippen molar-refractivity contribution in [1.29, 1.82) is 0 Å². The van der Waals surface area contributed by atoms with Gasteiger partial charge in [-0.25, -0.2) is 0 Å². The van der Waals surface area contributed by atoms with Crippen LogP contribution in [0.25, 0.3) is 0 Å². The molecule has 4 rings (SSSR count). The molecule has 160 valence electrons. The second-order valence-corrected chi connectivity index (χ2v) is 8.51. The van der Waals surface area contributed by atoms with E-state index in [4.69, 9.17) is 9.47 Å². The molecule has 1 saturated carbocycles. The minimum absolute atomic E-state index is 0.00187. The third-order valence-electron chi connectivity index (χ3n) is 6.85. The van der Waals surface area contributed by atoms with Crippen LogP contribution in [0.1, 0.15) is 49.3 Å². The summed E-state index contributed by atoms with van der Waals surface area (Å²) in [5, 5.41) is 11.5. The summed E-state index contributed by atoms with van der Waals surface area (Å²) in [7, 11) is 3.27. The van der Waals surface area contributed by atoms with Crippen molar-refractivity contribution in [3.63, 3.8) is 0 Å². The van der Waals surface area contributed by atoms with Crippen molar-refractivity contribution >= 4 is 5.91 Å². The van der Waals surface area contributed by atoms with Gasteiger partial charge in [-0.2, -0.15) is 0 Å². The van der Waals surface area contributed by atoms with Crippen molar-refractivity contribution in [2.45, 2.75) is 50.2 Å². The molecule has 2 aliphatic rings. The number of rotatable bonds is 5. The van der Waals surface area contributed by atoms with E-state index in [1.807, 2.05) is 53.4 Å². The summed E-state index contributed by atoms with van der Waals surface area (Å²) < 4.78 is 11.1. The molecule has 2 aromatic carbocycles. The monoisotopic (exact) mass is 409 g/mol. The van der Waals surface area contributed by atoms with Crippen LogP contribution in [-0.2, 0) is 11.2 Å². The quantitative estimate of drug-likeness (QED) is 0.806. The van der Waals surface area contributed by atoms with Gasteiger partial charge in [-0.15, -0.1) is 0 Å². The lowest BCUT2D eigenvalue weighted by molar-refractivity contribution is -0.154. The molecule has 0 unspecified atom stereocenters. The number of fused-ring (bicyclic) bond motifs is 1. The number of aliphatic hydroxyl groups is 1. The van der Waals surface area contributed by atoms with E-state index in [1.54, 1.807) is 14.2 Å². The number of piperidine rings is 1. The fourth-order valence-electron chi connectivity index (χ4n) is 5.28. The maximum atomic E-state index is 13.4. The number of carbonyl (C=O) groups is 1. The number of likely N-dealkylation sites (tertiary alicyclic amines) is 1. The van der Waals surface area contributed by atoms with Crippen molar-refractivity contribution in [2.75, 3.05) is 20.8 Å². The molecular formula is C25H31NO4. The molecule has 2 fully saturated rings. The van der Waals surface area contributed by atoms with E-state index in [-0.39, 0.29) is 17.9 Å². The zero-order valence-electron chi connectivity index (χ0n) is 17.8. The Hall–Kier alpha value is -2.53. The fourth-order valence-corrected chi connectivity index (χ4v) is 5.28. The molecule has 5 nitrogen and oxygen atoms in total. The SMILES string of the molecule is COc1ccc([C@H]2[C@@H]3CCCC[C@]3(O)CCN2C(=O)Cc2ccccc2)c(OC)c1. The van der Waals surface area contributed by atoms with Crippen molar-refractivity contribution in [1.82, 2.24) is 4.90 Å². The van der Waals surface area contributed by atoms with Crippen LogP contribution in [0.5, 0.6) is 11.5 Å². The first kappa shape index (κ1) is 20.7. The van der Waals surface area contributed by atoms with Gasteiger partial charge >= 0.3 is 0 Å². The second kappa shape index (κ2) is 8.68. The molecule has 0 spiro atoms. The molecule has 1 N–H and O–H groups in total. The van der Waals surface area contributed by atoms with Crippen LogP contribution in [0.3, 0.4) is 0 Å². The Labute approximate surface area is 178 Å². The normalized spacial score (nSPS) is 26.0. The highest BCUT2D eigenvalue weighted by Crippen LogP contribution is 2.51. The van der Waals surface area contributed by atoms with Crippen LogP contribution < -0.4 is 9.47 Å². The van der Waals surface area contributed by atoms with E-state index >= 15 is 0 Å². The lowest BCUT2D eigenvalue weighted by Gasteiger charge is -2.52. The molecule has 1 heterocycles. The molecule has 3 atom stereocenters. The van der Waals surface area contributed by atoms with Gasteiger partial charge in [0.25, 0.3) is 0 Å². The van der Waals surface area contributed by atoms with E-state index in [1.165, 1.54) is 0 Å². The smallest absolute Gasteiger partial charge is 0.227 e. The maximum absolute atomic E-state index is 13.4. The van der Waals surface area contributed by atoms with Gasteiger partial charge in [0.15, 0.2) is 0 Å². The van der Waals surface area contributed by atoms with Gasteiger partial charge in [0.05, 0.1) is 32.3 Å². The van der Waals surface area contributed by atoms with Crippen LogP contribution >= 0.6 is 0 Å². The minimum Gasteiger partial charge on any atom is -0.497 e. The number of hydrogen-bond acceptors (Lipinski definition) is 4. The van der Waals surface area contributed by atoms with Crippen LogP contribution in [0.15, 0.2) is 48.5 Å². The van der Waals surface area contributed by atoms with Crippen molar-refractivity contribution < 1.29 is 19.4 Å². The largest absolute Gasteiger partial charge is 0.497 e. The minimum atomic E-state index is -0.725. The third kappa shape index (κ3) is 3.91. The highest BCUT2D eigenvalue weighted by molar-refractivity contribution is 5.79.